The van der Waals surface area contributed by atoms with Gasteiger partial charge in [-0.1, -0.05) is 68.5 Å². The van der Waals surface area contributed by atoms with Crippen LogP contribution in [0.4, 0.5) is 0 Å². The number of hydrogen-bond donors (Lipinski definition) is 1. The van der Waals surface area contributed by atoms with Crippen molar-refractivity contribution in [1.82, 2.24) is 0 Å². The number of unbranched alkanes of at least 4 members (excludes halogenated alkanes) is 1. The highest BCUT2D eigenvalue weighted by atomic mass is 16.4. The van der Waals surface area contributed by atoms with E-state index in [1.54, 1.807) is 12.2 Å². The molecule has 0 aromatic heterocycles. The van der Waals surface area contributed by atoms with Gasteiger partial charge in [0.1, 0.15) is 0 Å². The third-order valence-corrected chi connectivity index (χ3v) is 2.97. The Morgan fingerprint density at radius 1 is 1.29 bits per heavy atom. The van der Waals surface area contributed by atoms with Crippen LogP contribution in [0.3, 0.4) is 0 Å². The lowest BCUT2D eigenvalue weighted by atomic mass is 10.0. The Balaban J connectivity index is 3.11. The molecule has 0 spiro atoms. The highest BCUT2D eigenvalue weighted by Gasteiger charge is 2.06. The third kappa shape index (κ3) is 6.57. The Labute approximate surface area is 126 Å². The molecular weight excluding hydrogens is 260 g/mol. The summed E-state index contributed by atoms with van der Waals surface area (Å²) in [4.78, 5) is 11.3. The van der Waals surface area contributed by atoms with Gasteiger partial charge in [-0.25, -0.2) is 4.79 Å². The first-order valence-electron chi connectivity index (χ1n) is 7.17. The summed E-state index contributed by atoms with van der Waals surface area (Å²) in [6.45, 7) is 5.71. The lowest BCUT2D eigenvalue weighted by Crippen LogP contribution is -2.01. The van der Waals surface area contributed by atoms with Crippen molar-refractivity contribution in [3.05, 3.63) is 77.9 Å². The monoisotopic (exact) mass is 282 g/mol. The minimum absolute atomic E-state index is 0.438. The zero-order valence-corrected chi connectivity index (χ0v) is 12.5. The van der Waals surface area contributed by atoms with E-state index in [0.717, 1.165) is 24.0 Å². The molecule has 0 aliphatic heterocycles. The van der Waals surface area contributed by atoms with E-state index in [2.05, 4.69) is 13.5 Å². The maximum absolute atomic E-state index is 11.3. The van der Waals surface area contributed by atoms with Gasteiger partial charge in [-0.15, -0.1) is 0 Å². The predicted octanol–water partition coefficient (Wildman–Crippen LogP) is 5.01. The van der Waals surface area contributed by atoms with Gasteiger partial charge >= 0.3 is 5.97 Å². The molecule has 0 fully saturated rings. The van der Waals surface area contributed by atoms with E-state index in [1.165, 1.54) is 0 Å². The van der Waals surface area contributed by atoms with Crippen LogP contribution in [0, 0.1) is 0 Å². The molecule has 0 atom stereocenters. The standard InChI is InChI=1S/C19H22O2/c1-3-5-10-17(14-16-11-8-7-9-12-16)15-18(19(20)21)13-6-4-2/h3,5,7-12,14-15H,1,4,6,13H2,2H3,(H,20,21). The molecule has 1 aromatic carbocycles. The van der Waals surface area contributed by atoms with Crippen LogP contribution in [0.15, 0.2) is 72.4 Å². The molecule has 0 aliphatic carbocycles. The number of carboxylic acids is 1. The number of carbonyl (C=O) groups is 1. The molecular formula is C19H22O2. The highest BCUT2D eigenvalue weighted by molar-refractivity contribution is 5.87. The molecule has 1 N–H and O–H groups in total. The predicted molar refractivity (Wildman–Crippen MR) is 89.0 cm³/mol. The van der Waals surface area contributed by atoms with Crippen molar-refractivity contribution in [2.75, 3.05) is 0 Å². The first-order valence-corrected chi connectivity index (χ1v) is 7.17. The number of hydrogen-bond acceptors (Lipinski definition) is 1. The molecule has 21 heavy (non-hydrogen) atoms. The molecule has 2 nitrogen and oxygen atoms in total. The average Bonchev–Trinajstić information content (AvgIpc) is 2.49. The van der Waals surface area contributed by atoms with Crippen molar-refractivity contribution in [3.8, 4) is 0 Å². The van der Waals surface area contributed by atoms with Gasteiger partial charge in [0.2, 0.25) is 0 Å². The number of carboxylic acid groups (broad SMARTS) is 1. The molecule has 0 heterocycles. The first kappa shape index (κ1) is 16.7. The van der Waals surface area contributed by atoms with E-state index in [0.29, 0.717) is 12.0 Å². The minimum Gasteiger partial charge on any atom is -0.478 e. The van der Waals surface area contributed by atoms with Crippen LogP contribution in [-0.2, 0) is 4.79 Å². The molecule has 0 saturated heterocycles. The van der Waals surface area contributed by atoms with Crippen molar-refractivity contribution in [3.63, 3.8) is 0 Å². The summed E-state index contributed by atoms with van der Waals surface area (Å²) in [6.07, 6.45) is 11.5. The number of rotatable bonds is 8. The third-order valence-electron chi connectivity index (χ3n) is 2.97. The molecule has 0 radical (unpaired) electrons. The van der Waals surface area contributed by atoms with Gasteiger partial charge in [-0.2, -0.15) is 0 Å². The smallest absolute Gasteiger partial charge is 0.331 e. The van der Waals surface area contributed by atoms with E-state index in [1.807, 2.05) is 48.6 Å². The Morgan fingerprint density at radius 3 is 2.57 bits per heavy atom. The molecule has 0 bridgehead atoms. The Hall–Kier alpha value is -2.35. The Kier molecular flexibility index (Phi) is 7.59. The maximum atomic E-state index is 11.3. The van der Waals surface area contributed by atoms with Gasteiger partial charge in [-0.05, 0) is 36.1 Å². The summed E-state index contributed by atoms with van der Waals surface area (Å²) in [5.41, 5.74) is 2.33. The SMILES string of the molecule is C=CC=CC(=Cc1ccccc1)C=C(CCCC)C(=O)O. The van der Waals surface area contributed by atoms with Crippen LogP contribution in [-0.4, -0.2) is 11.1 Å². The zero-order valence-electron chi connectivity index (χ0n) is 12.5. The molecule has 110 valence electrons. The summed E-state index contributed by atoms with van der Waals surface area (Å²) in [5, 5.41) is 9.30. The fraction of sp³-hybridized carbons (Fsp3) is 0.211. The molecule has 1 aromatic rings. The van der Waals surface area contributed by atoms with Gasteiger partial charge in [0.05, 0.1) is 0 Å². The van der Waals surface area contributed by atoms with E-state index >= 15 is 0 Å². The average molecular weight is 282 g/mol. The molecule has 0 aliphatic rings. The number of aliphatic carboxylic acids is 1. The highest BCUT2D eigenvalue weighted by Crippen LogP contribution is 2.15. The quantitative estimate of drug-likeness (QED) is 0.537. The van der Waals surface area contributed by atoms with Crippen LogP contribution >= 0.6 is 0 Å². The summed E-state index contributed by atoms with van der Waals surface area (Å²) in [7, 11) is 0. The minimum atomic E-state index is -0.852. The van der Waals surface area contributed by atoms with Gasteiger partial charge in [0.25, 0.3) is 0 Å². The van der Waals surface area contributed by atoms with Crippen molar-refractivity contribution in [1.29, 1.82) is 0 Å². The first-order chi connectivity index (χ1) is 10.2. The molecule has 1 rings (SSSR count). The molecule has 2 heteroatoms. The van der Waals surface area contributed by atoms with Crippen LogP contribution in [0.1, 0.15) is 31.7 Å². The lowest BCUT2D eigenvalue weighted by Gasteiger charge is -2.03. The van der Waals surface area contributed by atoms with Crippen LogP contribution in [0.5, 0.6) is 0 Å². The fourth-order valence-electron chi connectivity index (χ4n) is 1.87. The van der Waals surface area contributed by atoms with Crippen molar-refractivity contribution >= 4 is 12.0 Å². The topological polar surface area (TPSA) is 37.3 Å². The second-order valence-corrected chi connectivity index (χ2v) is 4.73. The molecule has 0 amide bonds. The van der Waals surface area contributed by atoms with Crippen LogP contribution < -0.4 is 0 Å². The maximum Gasteiger partial charge on any atom is 0.331 e. The second kappa shape index (κ2) is 9.54. The lowest BCUT2D eigenvalue weighted by molar-refractivity contribution is -0.132. The van der Waals surface area contributed by atoms with Gasteiger partial charge in [-0.3, -0.25) is 0 Å². The number of allylic oxidation sites excluding steroid dienone is 5. The van der Waals surface area contributed by atoms with E-state index < -0.39 is 5.97 Å². The van der Waals surface area contributed by atoms with Crippen molar-refractivity contribution in [2.24, 2.45) is 0 Å². The Bertz CT molecular complexity index is 548. The van der Waals surface area contributed by atoms with Gasteiger partial charge < -0.3 is 5.11 Å². The summed E-state index contributed by atoms with van der Waals surface area (Å²) in [5.74, 6) is -0.852. The second-order valence-electron chi connectivity index (χ2n) is 4.73. The summed E-state index contributed by atoms with van der Waals surface area (Å²) < 4.78 is 0. The van der Waals surface area contributed by atoms with Crippen LogP contribution in [0.2, 0.25) is 0 Å². The van der Waals surface area contributed by atoms with Gasteiger partial charge in [0.15, 0.2) is 0 Å². The molecule has 0 unspecified atom stereocenters. The van der Waals surface area contributed by atoms with Crippen molar-refractivity contribution in [2.45, 2.75) is 26.2 Å². The van der Waals surface area contributed by atoms with E-state index in [-0.39, 0.29) is 0 Å². The summed E-state index contributed by atoms with van der Waals surface area (Å²) in [6, 6.07) is 9.85. The normalized spacial score (nSPS) is 12.6. The van der Waals surface area contributed by atoms with Crippen molar-refractivity contribution < 1.29 is 9.90 Å². The van der Waals surface area contributed by atoms with Gasteiger partial charge in [0, 0.05) is 5.57 Å². The van der Waals surface area contributed by atoms with Crippen LogP contribution in [0.25, 0.3) is 6.08 Å². The summed E-state index contributed by atoms with van der Waals surface area (Å²) >= 11 is 0. The largest absolute Gasteiger partial charge is 0.478 e. The fourth-order valence-corrected chi connectivity index (χ4v) is 1.87. The Morgan fingerprint density at radius 2 is 2.00 bits per heavy atom. The zero-order chi connectivity index (χ0) is 15.5. The van der Waals surface area contributed by atoms with E-state index in [9.17, 15) is 9.90 Å². The number of benzene rings is 1. The van der Waals surface area contributed by atoms with E-state index in [4.69, 9.17) is 0 Å². The molecule has 0 saturated carbocycles.